The first-order chi connectivity index (χ1) is 12.4. The van der Waals surface area contributed by atoms with Crippen molar-refractivity contribution in [2.45, 2.75) is 6.92 Å². The van der Waals surface area contributed by atoms with E-state index >= 15 is 0 Å². The molecule has 26 heavy (non-hydrogen) atoms. The number of benzene rings is 2. The Kier molecular flexibility index (Phi) is 4.32. The summed E-state index contributed by atoms with van der Waals surface area (Å²) in [4.78, 5) is 35.3. The second kappa shape index (κ2) is 6.60. The third kappa shape index (κ3) is 2.95. The van der Waals surface area contributed by atoms with Gasteiger partial charge in [0.25, 0.3) is 17.0 Å². The highest BCUT2D eigenvalue weighted by Crippen LogP contribution is 2.16. The minimum Gasteiger partial charge on any atom is -0.805 e. The van der Waals surface area contributed by atoms with Crippen molar-refractivity contribution < 1.29 is 14.1 Å². The molecule has 0 saturated carbocycles. The summed E-state index contributed by atoms with van der Waals surface area (Å²) in [5, 5.41) is 23.1. The number of hydrogen-bond acceptors (Lipinski definition) is 5. The number of nitro groups is 1. The molecule has 0 aliphatic rings. The van der Waals surface area contributed by atoms with Gasteiger partial charge in [-0.3, -0.25) is 14.9 Å². The highest BCUT2D eigenvalue weighted by atomic mass is 16.6. The number of rotatable bonds is 4. The number of fused-ring (bicyclic) bond motifs is 1. The van der Waals surface area contributed by atoms with Crippen LogP contribution in [0.1, 0.15) is 21.7 Å². The van der Waals surface area contributed by atoms with Crippen LogP contribution < -0.4 is 4.43 Å². The van der Waals surface area contributed by atoms with E-state index in [2.05, 4.69) is 0 Å². The van der Waals surface area contributed by atoms with Gasteiger partial charge in [-0.1, -0.05) is 30.3 Å². The molecule has 0 bridgehead atoms. The van der Waals surface area contributed by atoms with Crippen LogP contribution in [-0.4, -0.2) is 15.4 Å². The number of carbonyl (C=O) groups is 1. The number of nitro benzene ring substituents is 1. The van der Waals surface area contributed by atoms with Gasteiger partial charge in [0.05, 0.1) is 15.0 Å². The normalized spacial score (nSPS) is 11.1. The van der Waals surface area contributed by atoms with Crippen LogP contribution in [0.3, 0.4) is 0 Å². The summed E-state index contributed by atoms with van der Waals surface area (Å²) < 4.78 is 0.970. The highest BCUT2D eigenvalue weighted by Gasteiger charge is 2.24. The van der Waals surface area contributed by atoms with Gasteiger partial charge in [0, 0.05) is 23.1 Å². The Morgan fingerprint density at radius 1 is 1.19 bits per heavy atom. The molecular weight excluding hydrogens is 338 g/mol. The van der Waals surface area contributed by atoms with Crippen LogP contribution in [-0.2, 0) is 0 Å². The molecule has 0 fully saturated rings. The lowest BCUT2D eigenvalue weighted by molar-refractivity contribution is -0.468. The zero-order valence-electron chi connectivity index (χ0n) is 13.7. The zero-order chi connectivity index (χ0) is 18.8. The molecule has 8 nitrogen and oxygen atoms in total. The van der Waals surface area contributed by atoms with Gasteiger partial charge in [-0.2, -0.15) is 0 Å². The minimum atomic E-state index is -0.667. The number of carbonyl (C=O) groups excluding carboxylic acids is 1. The Hall–Kier alpha value is -3.81. The van der Waals surface area contributed by atoms with E-state index in [0.29, 0.717) is 14.7 Å². The molecule has 0 aliphatic heterocycles. The van der Waals surface area contributed by atoms with Crippen LogP contribution in [0.5, 0.6) is 0 Å². The smallest absolute Gasteiger partial charge is 0.329 e. The Morgan fingerprint density at radius 2 is 1.92 bits per heavy atom. The van der Waals surface area contributed by atoms with E-state index < -0.39 is 10.7 Å². The molecule has 8 heteroatoms. The maximum absolute atomic E-state index is 12.5. The van der Waals surface area contributed by atoms with Crippen molar-refractivity contribution in [3.63, 3.8) is 0 Å². The summed E-state index contributed by atoms with van der Waals surface area (Å²) in [6.07, 6.45) is 2.48. The maximum Gasteiger partial charge on any atom is 0.329 e. The van der Waals surface area contributed by atoms with Crippen LogP contribution in [0.15, 0.2) is 54.6 Å². The topological polar surface area (TPSA) is 111 Å². The Balaban J connectivity index is 2.05. The van der Waals surface area contributed by atoms with Crippen LogP contribution in [0, 0.1) is 27.2 Å². The Labute approximate surface area is 147 Å². The number of aromatic nitrogens is 2. The van der Waals surface area contributed by atoms with Gasteiger partial charge < -0.3 is 9.94 Å². The van der Waals surface area contributed by atoms with E-state index in [1.807, 2.05) is 0 Å². The van der Waals surface area contributed by atoms with Gasteiger partial charge in [0.15, 0.2) is 0 Å². The number of hydrogen-bond donors (Lipinski definition) is 0. The number of non-ortho nitro benzene ring substituents is 1. The summed E-state index contributed by atoms with van der Waals surface area (Å²) in [6, 6.07) is 11.9. The van der Waals surface area contributed by atoms with Gasteiger partial charge in [-0.25, -0.2) is 0 Å². The second-order valence-corrected chi connectivity index (χ2v) is 5.56. The first kappa shape index (κ1) is 17.0. The van der Waals surface area contributed by atoms with Crippen LogP contribution >= 0.6 is 0 Å². The number of nitrogens with zero attached hydrogens (tertiary/aromatic N) is 3. The van der Waals surface area contributed by atoms with Gasteiger partial charge >= 0.3 is 5.69 Å². The van der Waals surface area contributed by atoms with E-state index in [1.165, 1.54) is 43.3 Å². The van der Waals surface area contributed by atoms with Crippen LogP contribution in [0.2, 0.25) is 0 Å². The molecule has 3 aromatic rings. The first-order valence-corrected chi connectivity index (χ1v) is 7.61. The standard InChI is InChI=1S/C18H13N3O5/c1-12-18(20(24)16-8-3-2-7-15(16)19(12)23)17(22)10-9-13-5-4-6-14(11-13)21(25)26/h2-11H,1H3. The number of para-hydroxylation sites is 2. The summed E-state index contributed by atoms with van der Waals surface area (Å²) in [5.41, 5.74) is 0.253. The quantitative estimate of drug-likeness (QED) is 0.236. The Morgan fingerprint density at radius 3 is 2.65 bits per heavy atom. The molecule has 0 N–H and O–H groups in total. The summed E-state index contributed by atoms with van der Waals surface area (Å²) in [7, 11) is 0. The molecular formula is C18H13N3O5. The van der Waals surface area contributed by atoms with E-state index in [4.69, 9.17) is 0 Å². The fraction of sp³-hybridized carbons (Fsp3) is 0.0556. The fourth-order valence-corrected chi connectivity index (χ4v) is 2.62. The van der Waals surface area contributed by atoms with Crippen molar-refractivity contribution >= 4 is 28.6 Å². The van der Waals surface area contributed by atoms with E-state index in [-0.39, 0.29) is 28.1 Å². The van der Waals surface area contributed by atoms with Gasteiger partial charge in [0.1, 0.15) is 5.52 Å². The molecule has 0 atom stereocenters. The third-order valence-electron chi connectivity index (χ3n) is 3.91. The molecule has 130 valence electrons. The predicted octanol–water partition coefficient (Wildman–Crippen LogP) is 3.01. The molecule has 0 spiro atoms. The monoisotopic (exact) mass is 351 g/mol. The lowest BCUT2D eigenvalue weighted by atomic mass is 10.1. The average Bonchev–Trinajstić information content (AvgIpc) is 2.65. The second-order valence-electron chi connectivity index (χ2n) is 5.56. The number of ketones is 1. The highest BCUT2D eigenvalue weighted by molar-refractivity contribution is 6.05. The molecule has 0 saturated heterocycles. The summed E-state index contributed by atoms with van der Waals surface area (Å²) in [5.74, 6) is -0.667. The predicted molar refractivity (Wildman–Crippen MR) is 95.3 cm³/mol. The SMILES string of the molecule is Cc1c(C(=O)C=Cc2cccc([N+](=O)[O-])c2)[n+](=O)c2ccccc2n1[O-]. The molecule has 3 rings (SSSR count). The molecule has 0 aliphatic carbocycles. The van der Waals surface area contributed by atoms with Crippen molar-refractivity contribution in [2.24, 2.45) is 0 Å². The van der Waals surface area contributed by atoms with Crippen molar-refractivity contribution in [2.75, 3.05) is 0 Å². The Bertz CT molecular complexity index is 1130. The molecule has 0 unspecified atom stereocenters. The van der Waals surface area contributed by atoms with Crippen molar-refractivity contribution in [1.29, 1.82) is 0 Å². The molecule has 0 radical (unpaired) electrons. The van der Waals surface area contributed by atoms with Gasteiger partial charge in [-0.15, -0.1) is 0 Å². The van der Waals surface area contributed by atoms with Crippen LogP contribution in [0.25, 0.3) is 17.1 Å². The van der Waals surface area contributed by atoms with Crippen molar-refractivity contribution in [1.82, 2.24) is 4.73 Å². The largest absolute Gasteiger partial charge is 0.805 e. The first-order valence-electron chi connectivity index (χ1n) is 7.61. The number of allylic oxidation sites excluding steroid dienone is 1. The van der Waals surface area contributed by atoms with Gasteiger partial charge in [-0.05, 0) is 24.6 Å². The summed E-state index contributed by atoms with van der Waals surface area (Å²) in [6.45, 7) is 1.39. The van der Waals surface area contributed by atoms with E-state index in [9.17, 15) is 25.0 Å². The average molecular weight is 351 g/mol. The molecule has 0 amide bonds. The lowest BCUT2D eigenvalue weighted by Gasteiger charge is -2.15. The fourth-order valence-electron chi connectivity index (χ4n) is 2.62. The van der Waals surface area contributed by atoms with E-state index in [1.54, 1.807) is 18.2 Å². The van der Waals surface area contributed by atoms with Crippen molar-refractivity contribution in [3.8, 4) is 0 Å². The zero-order valence-corrected chi connectivity index (χ0v) is 13.7. The summed E-state index contributed by atoms with van der Waals surface area (Å²) >= 11 is 0. The van der Waals surface area contributed by atoms with Gasteiger partial charge in [0.2, 0.25) is 0 Å². The third-order valence-corrected chi connectivity index (χ3v) is 3.91. The molecule has 1 heterocycles. The molecule has 2 aromatic carbocycles. The minimum absolute atomic E-state index is 0.0209. The van der Waals surface area contributed by atoms with E-state index in [0.717, 1.165) is 6.08 Å². The molecule has 1 aromatic heterocycles. The maximum atomic E-state index is 12.5. The van der Waals surface area contributed by atoms with Crippen molar-refractivity contribution in [3.05, 3.63) is 91.8 Å². The van der Waals surface area contributed by atoms with Crippen LogP contribution in [0.4, 0.5) is 5.69 Å². The lowest BCUT2D eigenvalue weighted by Crippen LogP contribution is -2.29.